The summed E-state index contributed by atoms with van der Waals surface area (Å²) in [6, 6.07) is 1.58. The van der Waals surface area contributed by atoms with Gasteiger partial charge in [-0.2, -0.15) is 5.26 Å². The standard InChI is InChI=1S/C6H7NO2/c1-4(8)6(3-7)5(2)9/h8H,1-2H3. The Morgan fingerprint density at radius 1 is 1.56 bits per heavy atom. The highest BCUT2D eigenvalue weighted by Crippen LogP contribution is 1.98. The maximum atomic E-state index is 10.4. The molecule has 3 heteroatoms. The fourth-order valence-electron chi connectivity index (χ4n) is 0.414. The van der Waals surface area contributed by atoms with Crippen LogP contribution in [0.2, 0.25) is 0 Å². The van der Waals surface area contributed by atoms with Crippen molar-refractivity contribution in [2.75, 3.05) is 0 Å². The van der Waals surface area contributed by atoms with Crippen molar-refractivity contribution in [3.8, 4) is 6.07 Å². The van der Waals surface area contributed by atoms with Crippen molar-refractivity contribution in [3.63, 3.8) is 0 Å². The molecule has 0 bridgehead atoms. The number of Topliss-reactive ketones (excluding diaryl/α,β-unsaturated/α-hetero) is 1. The average molecular weight is 125 g/mol. The van der Waals surface area contributed by atoms with Crippen LogP contribution in [0.3, 0.4) is 0 Å². The molecule has 0 aliphatic carbocycles. The second-order valence-corrected chi connectivity index (χ2v) is 1.63. The molecule has 0 aromatic carbocycles. The van der Waals surface area contributed by atoms with E-state index in [0.717, 1.165) is 0 Å². The van der Waals surface area contributed by atoms with E-state index in [2.05, 4.69) is 0 Å². The van der Waals surface area contributed by atoms with Crippen LogP contribution in [-0.4, -0.2) is 10.9 Å². The van der Waals surface area contributed by atoms with Crippen LogP contribution in [0.15, 0.2) is 11.3 Å². The molecule has 0 unspecified atom stereocenters. The van der Waals surface area contributed by atoms with Crippen LogP contribution in [0.1, 0.15) is 13.8 Å². The maximum Gasteiger partial charge on any atom is 0.173 e. The fourth-order valence-corrected chi connectivity index (χ4v) is 0.414. The normalized spacial score (nSPS) is 11.7. The molecule has 0 aliphatic rings. The lowest BCUT2D eigenvalue weighted by Gasteiger charge is -1.89. The third-order valence-electron chi connectivity index (χ3n) is 0.826. The van der Waals surface area contributed by atoms with E-state index in [-0.39, 0.29) is 11.3 Å². The zero-order valence-corrected chi connectivity index (χ0v) is 5.30. The summed E-state index contributed by atoms with van der Waals surface area (Å²) < 4.78 is 0. The number of aliphatic hydroxyl groups excluding tert-OH is 1. The second-order valence-electron chi connectivity index (χ2n) is 1.63. The molecule has 0 rings (SSSR count). The molecule has 0 saturated heterocycles. The zero-order valence-electron chi connectivity index (χ0n) is 5.30. The molecule has 0 saturated carbocycles. The molecule has 0 atom stereocenters. The zero-order chi connectivity index (χ0) is 7.44. The van der Waals surface area contributed by atoms with Gasteiger partial charge in [0.15, 0.2) is 5.78 Å². The van der Waals surface area contributed by atoms with Crippen molar-refractivity contribution in [1.82, 2.24) is 0 Å². The van der Waals surface area contributed by atoms with Gasteiger partial charge >= 0.3 is 0 Å². The summed E-state index contributed by atoms with van der Waals surface area (Å²) in [4.78, 5) is 10.4. The molecule has 9 heavy (non-hydrogen) atoms. The Labute approximate surface area is 53.2 Å². The number of carbonyl (C=O) groups is 1. The molecule has 0 radical (unpaired) electrons. The van der Waals surface area contributed by atoms with Gasteiger partial charge in [-0.3, -0.25) is 4.79 Å². The van der Waals surface area contributed by atoms with Gasteiger partial charge in [0.05, 0.1) is 0 Å². The van der Waals surface area contributed by atoms with E-state index >= 15 is 0 Å². The number of aliphatic hydroxyl groups is 1. The van der Waals surface area contributed by atoms with Crippen LogP contribution in [-0.2, 0) is 4.79 Å². The second kappa shape index (κ2) is 2.88. The predicted molar refractivity (Wildman–Crippen MR) is 31.6 cm³/mol. The Bertz CT molecular complexity index is 194. The lowest BCUT2D eigenvalue weighted by Crippen LogP contribution is -1.96. The van der Waals surface area contributed by atoms with E-state index in [1.807, 2.05) is 0 Å². The van der Waals surface area contributed by atoms with Gasteiger partial charge in [-0.05, 0) is 13.8 Å². The number of ketones is 1. The summed E-state index contributed by atoms with van der Waals surface area (Å²) in [7, 11) is 0. The van der Waals surface area contributed by atoms with Crippen molar-refractivity contribution >= 4 is 5.78 Å². The molecule has 0 heterocycles. The molecule has 0 fully saturated rings. The predicted octanol–water partition coefficient (Wildman–Crippen LogP) is 0.931. The third kappa shape index (κ3) is 1.96. The smallest absolute Gasteiger partial charge is 0.173 e. The van der Waals surface area contributed by atoms with E-state index < -0.39 is 5.78 Å². The summed E-state index contributed by atoms with van der Waals surface area (Å²) in [5.74, 6) is -0.623. The van der Waals surface area contributed by atoms with Gasteiger partial charge in [-0.25, -0.2) is 0 Å². The van der Waals surface area contributed by atoms with E-state index in [0.29, 0.717) is 0 Å². The highest BCUT2D eigenvalue weighted by atomic mass is 16.3. The molecular weight excluding hydrogens is 118 g/mol. The SMILES string of the molecule is CC(=O)C(C#N)=C(C)O. The van der Waals surface area contributed by atoms with Crippen LogP contribution in [0.25, 0.3) is 0 Å². The summed E-state index contributed by atoms with van der Waals surface area (Å²) >= 11 is 0. The lowest BCUT2D eigenvalue weighted by atomic mass is 10.2. The molecule has 0 aromatic heterocycles. The lowest BCUT2D eigenvalue weighted by molar-refractivity contribution is -0.113. The fraction of sp³-hybridized carbons (Fsp3) is 0.333. The first-order valence-electron chi connectivity index (χ1n) is 2.40. The topological polar surface area (TPSA) is 61.1 Å². The van der Waals surface area contributed by atoms with Crippen molar-refractivity contribution in [2.24, 2.45) is 0 Å². The highest BCUT2D eigenvalue weighted by Gasteiger charge is 2.04. The Kier molecular flexibility index (Phi) is 2.46. The first kappa shape index (κ1) is 7.70. The monoisotopic (exact) mass is 125 g/mol. The minimum atomic E-state index is -0.405. The number of hydrogen-bond donors (Lipinski definition) is 1. The van der Waals surface area contributed by atoms with Gasteiger partial charge in [0.25, 0.3) is 0 Å². The number of rotatable bonds is 1. The van der Waals surface area contributed by atoms with Crippen LogP contribution in [0.4, 0.5) is 0 Å². The van der Waals surface area contributed by atoms with Gasteiger partial charge in [-0.1, -0.05) is 0 Å². The summed E-state index contributed by atoms with van der Waals surface area (Å²) in [5, 5.41) is 16.8. The molecule has 3 nitrogen and oxygen atoms in total. The van der Waals surface area contributed by atoms with Crippen molar-refractivity contribution in [1.29, 1.82) is 5.26 Å². The van der Waals surface area contributed by atoms with Gasteiger partial charge < -0.3 is 5.11 Å². The van der Waals surface area contributed by atoms with E-state index in [1.165, 1.54) is 13.8 Å². The van der Waals surface area contributed by atoms with Crippen molar-refractivity contribution < 1.29 is 9.90 Å². The summed E-state index contributed by atoms with van der Waals surface area (Å²) in [5.41, 5.74) is -0.171. The highest BCUT2D eigenvalue weighted by molar-refractivity contribution is 5.97. The Balaban J connectivity index is 4.62. The molecular formula is C6H7NO2. The van der Waals surface area contributed by atoms with Crippen LogP contribution >= 0.6 is 0 Å². The largest absolute Gasteiger partial charge is 0.511 e. The van der Waals surface area contributed by atoms with Gasteiger partial charge in [-0.15, -0.1) is 0 Å². The number of allylic oxidation sites excluding steroid dienone is 2. The number of nitriles is 1. The van der Waals surface area contributed by atoms with Gasteiger partial charge in [0, 0.05) is 0 Å². The molecule has 0 aromatic rings. The van der Waals surface area contributed by atoms with Crippen LogP contribution in [0.5, 0.6) is 0 Å². The minimum Gasteiger partial charge on any atom is -0.511 e. The first-order valence-corrected chi connectivity index (χ1v) is 2.40. The van der Waals surface area contributed by atoms with Crippen molar-refractivity contribution in [2.45, 2.75) is 13.8 Å². The maximum absolute atomic E-state index is 10.4. The van der Waals surface area contributed by atoms with E-state index in [1.54, 1.807) is 6.07 Å². The minimum absolute atomic E-state index is 0.171. The van der Waals surface area contributed by atoms with E-state index in [9.17, 15) is 4.79 Å². The van der Waals surface area contributed by atoms with Gasteiger partial charge in [0.2, 0.25) is 0 Å². The number of hydrogen-bond acceptors (Lipinski definition) is 3. The first-order chi connectivity index (χ1) is 4.09. The Morgan fingerprint density at radius 3 is 2.00 bits per heavy atom. The van der Waals surface area contributed by atoms with Gasteiger partial charge in [0.1, 0.15) is 17.4 Å². The summed E-state index contributed by atoms with van der Waals surface area (Å²) in [6.45, 7) is 2.54. The van der Waals surface area contributed by atoms with E-state index in [4.69, 9.17) is 10.4 Å². The summed E-state index contributed by atoms with van der Waals surface area (Å²) in [6.07, 6.45) is 0. The van der Waals surface area contributed by atoms with Crippen LogP contribution < -0.4 is 0 Å². The molecule has 48 valence electrons. The molecule has 0 spiro atoms. The number of nitrogens with zero attached hydrogens (tertiary/aromatic N) is 1. The van der Waals surface area contributed by atoms with Crippen LogP contribution in [0, 0.1) is 11.3 Å². The third-order valence-corrected chi connectivity index (χ3v) is 0.826. The molecule has 1 N–H and O–H groups in total. The molecule has 0 aliphatic heterocycles. The molecule has 0 amide bonds. The average Bonchev–Trinajstić information content (AvgIpc) is 1.64. The number of carbonyl (C=O) groups excluding carboxylic acids is 1. The Hall–Kier alpha value is -1.30. The van der Waals surface area contributed by atoms with Crippen molar-refractivity contribution in [3.05, 3.63) is 11.3 Å². The Morgan fingerprint density at radius 2 is 2.00 bits per heavy atom. The quantitative estimate of drug-likeness (QED) is 0.322.